The Hall–Kier alpha value is -1.33. The number of aliphatic hydroxyl groups is 1. The first-order valence-corrected chi connectivity index (χ1v) is 6.73. The van der Waals surface area contributed by atoms with Crippen LogP contribution >= 0.6 is 0 Å². The highest BCUT2D eigenvalue weighted by molar-refractivity contribution is 5.86. The highest BCUT2D eigenvalue weighted by atomic mass is 16.4. The molecule has 1 aromatic rings. The van der Waals surface area contributed by atoms with Gasteiger partial charge in [0, 0.05) is 18.7 Å². The fourth-order valence-corrected chi connectivity index (χ4v) is 2.89. The molecule has 1 aliphatic rings. The predicted octanol–water partition coefficient (Wildman–Crippen LogP) is 2.01. The molecule has 2 unspecified atom stereocenters. The number of nitrogens with one attached hydrogen (secondary N) is 1. The summed E-state index contributed by atoms with van der Waals surface area (Å²) in [6.07, 6.45) is 5.20. The van der Waals surface area contributed by atoms with Crippen molar-refractivity contribution in [3.05, 3.63) is 23.7 Å². The SMILES string of the molecule is CC1CCCC(O)(CNCc2ccoc2C(=O)O)C1. The zero-order chi connectivity index (χ0) is 13.9. The van der Waals surface area contributed by atoms with E-state index in [1.165, 1.54) is 12.7 Å². The summed E-state index contributed by atoms with van der Waals surface area (Å²) < 4.78 is 4.91. The Labute approximate surface area is 112 Å². The summed E-state index contributed by atoms with van der Waals surface area (Å²) in [4.78, 5) is 10.9. The summed E-state index contributed by atoms with van der Waals surface area (Å²) in [6.45, 7) is 3.04. The number of carboxylic acids is 1. The Balaban J connectivity index is 1.86. The summed E-state index contributed by atoms with van der Waals surface area (Å²) in [7, 11) is 0. The Kier molecular flexibility index (Phi) is 4.27. The smallest absolute Gasteiger partial charge is 0.372 e. The third-order valence-corrected chi connectivity index (χ3v) is 3.78. The van der Waals surface area contributed by atoms with Gasteiger partial charge in [-0.3, -0.25) is 0 Å². The monoisotopic (exact) mass is 267 g/mol. The average Bonchev–Trinajstić information content (AvgIpc) is 2.76. The Morgan fingerprint density at radius 1 is 1.63 bits per heavy atom. The second-order valence-corrected chi connectivity index (χ2v) is 5.61. The lowest BCUT2D eigenvalue weighted by atomic mass is 9.79. The van der Waals surface area contributed by atoms with Crippen LogP contribution < -0.4 is 5.32 Å². The number of aromatic carboxylic acids is 1. The Morgan fingerprint density at radius 2 is 2.42 bits per heavy atom. The van der Waals surface area contributed by atoms with Gasteiger partial charge in [-0.1, -0.05) is 19.8 Å². The van der Waals surface area contributed by atoms with E-state index in [0.29, 0.717) is 24.6 Å². The fourth-order valence-electron chi connectivity index (χ4n) is 2.89. The van der Waals surface area contributed by atoms with Gasteiger partial charge < -0.3 is 19.9 Å². The van der Waals surface area contributed by atoms with Crippen LogP contribution in [0, 0.1) is 5.92 Å². The van der Waals surface area contributed by atoms with Crippen LogP contribution in [0.4, 0.5) is 0 Å². The molecule has 3 N–H and O–H groups in total. The van der Waals surface area contributed by atoms with Crippen LogP contribution in [0.25, 0.3) is 0 Å². The molecule has 0 aliphatic heterocycles. The molecule has 19 heavy (non-hydrogen) atoms. The van der Waals surface area contributed by atoms with Crippen LogP contribution in [-0.2, 0) is 6.54 Å². The van der Waals surface area contributed by atoms with Gasteiger partial charge in [0.05, 0.1) is 11.9 Å². The Morgan fingerprint density at radius 3 is 3.11 bits per heavy atom. The number of furan rings is 1. The van der Waals surface area contributed by atoms with E-state index in [1.54, 1.807) is 6.07 Å². The van der Waals surface area contributed by atoms with Crippen molar-refractivity contribution >= 4 is 5.97 Å². The molecule has 2 rings (SSSR count). The Bertz CT molecular complexity index is 442. The van der Waals surface area contributed by atoms with Gasteiger partial charge in [0.2, 0.25) is 5.76 Å². The molecule has 106 valence electrons. The van der Waals surface area contributed by atoms with E-state index >= 15 is 0 Å². The number of hydrogen-bond acceptors (Lipinski definition) is 4. The fraction of sp³-hybridized carbons (Fsp3) is 0.643. The minimum atomic E-state index is -1.06. The van der Waals surface area contributed by atoms with E-state index in [-0.39, 0.29) is 5.76 Å². The van der Waals surface area contributed by atoms with E-state index in [1.807, 2.05) is 0 Å². The highest BCUT2D eigenvalue weighted by Gasteiger charge is 2.32. The molecule has 0 amide bonds. The number of hydrogen-bond donors (Lipinski definition) is 3. The average molecular weight is 267 g/mol. The second-order valence-electron chi connectivity index (χ2n) is 5.61. The van der Waals surface area contributed by atoms with E-state index < -0.39 is 11.6 Å². The molecule has 0 saturated heterocycles. The maximum atomic E-state index is 10.9. The first-order chi connectivity index (χ1) is 9.00. The first kappa shape index (κ1) is 14.1. The zero-order valence-electron chi connectivity index (χ0n) is 11.2. The van der Waals surface area contributed by atoms with Gasteiger partial charge in [0.15, 0.2) is 0 Å². The molecule has 0 radical (unpaired) electrons. The van der Waals surface area contributed by atoms with Gasteiger partial charge in [0.25, 0.3) is 0 Å². The third-order valence-electron chi connectivity index (χ3n) is 3.78. The summed E-state index contributed by atoms with van der Waals surface area (Å²) >= 11 is 0. The standard InChI is InChI=1S/C14H21NO4/c1-10-3-2-5-14(18,7-10)9-15-8-11-4-6-19-12(11)13(16)17/h4,6,10,15,18H,2-3,5,7-9H2,1H3,(H,16,17). The molecule has 0 spiro atoms. The van der Waals surface area contributed by atoms with Crippen molar-refractivity contribution in [2.75, 3.05) is 6.54 Å². The van der Waals surface area contributed by atoms with Crippen molar-refractivity contribution in [1.29, 1.82) is 0 Å². The lowest BCUT2D eigenvalue weighted by Crippen LogP contribution is -2.43. The first-order valence-electron chi connectivity index (χ1n) is 6.73. The van der Waals surface area contributed by atoms with Crippen molar-refractivity contribution in [2.24, 2.45) is 5.92 Å². The van der Waals surface area contributed by atoms with Crippen molar-refractivity contribution < 1.29 is 19.4 Å². The molecular weight excluding hydrogens is 246 g/mol. The molecular formula is C14H21NO4. The van der Waals surface area contributed by atoms with E-state index in [9.17, 15) is 9.90 Å². The van der Waals surface area contributed by atoms with Gasteiger partial charge in [-0.25, -0.2) is 4.79 Å². The van der Waals surface area contributed by atoms with Crippen LogP contribution in [0.2, 0.25) is 0 Å². The van der Waals surface area contributed by atoms with Crippen LogP contribution in [-0.4, -0.2) is 28.3 Å². The summed E-state index contributed by atoms with van der Waals surface area (Å²) in [5, 5.41) is 22.5. The number of rotatable bonds is 5. The second kappa shape index (κ2) is 5.75. The summed E-state index contributed by atoms with van der Waals surface area (Å²) in [6, 6.07) is 1.64. The maximum absolute atomic E-state index is 10.9. The molecule has 1 saturated carbocycles. The van der Waals surface area contributed by atoms with Gasteiger partial charge in [-0.15, -0.1) is 0 Å². The lowest BCUT2D eigenvalue weighted by Gasteiger charge is -2.35. The summed E-state index contributed by atoms with van der Waals surface area (Å²) in [5.41, 5.74) is -0.0508. The van der Waals surface area contributed by atoms with Crippen LogP contribution in [0.3, 0.4) is 0 Å². The minimum absolute atomic E-state index is 0.0310. The summed E-state index contributed by atoms with van der Waals surface area (Å²) in [5.74, 6) is -0.549. The third kappa shape index (κ3) is 3.58. The molecule has 0 bridgehead atoms. The number of carbonyl (C=O) groups is 1. The quantitative estimate of drug-likeness (QED) is 0.760. The van der Waals surface area contributed by atoms with Crippen molar-refractivity contribution in [3.63, 3.8) is 0 Å². The maximum Gasteiger partial charge on any atom is 0.372 e. The predicted molar refractivity (Wildman–Crippen MR) is 70.0 cm³/mol. The van der Waals surface area contributed by atoms with Crippen molar-refractivity contribution in [3.8, 4) is 0 Å². The molecule has 1 aliphatic carbocycles. The molecule has 1 fully saturated rings. The van der Waals surface area contributed by atoms with Crippen molar-refractivity contribution in [1.82, 2.24) is 5.32 Å². The van der Waals surface area contributed by atoms with Crippen LogP contribution in [0.1, 0.15) is 48.7 Å². The normalized spacial score (nSPS) is 27.4. The van der Waals surface area contributed by atoms with Crippen LogP contribution in [0.5, 0.6) is 0 Å². The van der Waals surface area contributed by atoms with E-state index in [2.05, 4.69) is 12.2 Å². The van der Waals surface area contributed by atoms with E-state index in [4.69, 9.17) is 9.52 Å². The zero-order valence-corrected chi connectivity index (χ0v) is 11.2. The van der Waals surface area contributed by atoms with Crippen LogP contribution in [0.15, 0.2) is 16.7 Å². The lowest BCUT2D eigenvalue weighted by molar-refractivity contribution is -0.0119. The topological polar surface area (TPSA) is 82.7 Å². The van der Waals surface area contributed by atoms with E-state index in [0.717, 1.165) is 19.3 Å². The number of carboxylic acid groups (broad SMARTS) is 1. The molecule has 5 nitrogen and oxygen atoms in total. The molecule has 2 atom stereocenters. The minimum Gasteiger partial charge on any atom is -0.475 e. The van der Waals surface area contributed by atoms with Crippen molar-refractivity contribution in [2.45, 2.75) is 44.8 Å². The van der Waals surface area contributed by atoms with Gasteiger partial charge in [-0.2, -0.15) is 0 Å². The van der Waals surface area contributed by atoms with Gasteiger partial charge >= 0.3 is 5.97 Å². The van der Waals surface area contributed by atoms with Gasteiger partial charge in [0.1, 0.15) is 0 Å². The molecule has 0 aromatic carbocycles. The molecule has 1 heterocycles. The van der Waals surface area contributed by atoms with Gasteiger partial charge in [-0.05, 0) is 24.8 Å². The molecule has 5 heteroatoms. The highest BCUT2D eigenvalue weighted by Crippen LogP contribution is 2.31. The molecule has 1 aromatic heterocycles. The largest absolute Gasteiger partial charge is 0.475 e.